The zero-order valence-electron chi connectivity index (χ0n) is 16.1. The molecule has 2 rings (SSSR count). The predicted octanol–water partition coefficient (Wildman–Crippen LogP) is 5.88. The summed E-state index contributed by atoms with van der Waals surface area (Å²) in [6.45, 7) is 4.81. The molecule has 0 radical (unpaired) electrons. The number of aryl methyl sites for hydroxylation is 1. The summed E-state index contributed by atoms with van der Waals surface area (Å²) >= 11 is 1.71. The Balaban J connectivity index is 1.65. The maximum atomic E-state index is 11.8. The van der Waals surface area contributed by atoms with Gasteiger partial charge in [-0.25, -0.2) is 0 Å². The minimum Gasteiger partial charge on any atom is -0.488 e. The first-order valence-corrected chi connectivity index (χ1v) is 10.3. The van der Waals surface area contributed by atoms with Gasteiger partial charge in [0.25, 0.3) is 0 Å². The zero-order valence-corrected chi connectivity index (χ0v) is 16.9. The molecular weight excluding hydrogens is 344 g/mol. The van der Waals surface area contributed by atoms with E-state index in [0.29, 0.717) is 12.5 Å². The first-order valence-electron chi connectivity index (χ1n) is 9.42. The van der Waals surface area contributed by atoms with E-state index in [4.69, 9.17) is 9.47 Å². The molecule has 3 nitrogen and oxygen atoms in total. The molecule has 1 aromatic carbocycles. The average molecular weight is 375 g/mol. The Hall–Kier alpha value is -1.81. The normalized spacial score (nSPS) is 12.2. The molecule has 4 heteroatoms. The van der Waals surface area contributed by atoms with E-state index in [1.165, 1.54) is 17.6 Å². The maximum absolute atomic E-state index is 11.8. The molecule has 142 valence electrons. The quantitative estimate of drug-likeness (QED) is 0.364. The number of carbonyl (C=O) groups is 1. The molecule has 1 atom stereocenters. The van der Waals surface area contributed by atoms with E-state index in [2.05, 4.69) is 49.6 Å². The smallest absolute Gasteiger partial charge is 0.308 e. The molecule has 0 aliphatic carbocycles. The van der Waals surface area contributed by atoms with Gasteiger partial charge in [-0.15, -0.1) is 11.3 Å². The molecule has 0 amide bonds. The monoisotopic (exact) mass is 374 g/mol. The van der Waals surface area contributed by atoms with E-state index in [-0.39, 0.29) is 11.9 Å². The van der Waals surface area contributed by atoms with Crippen LogP contribution >= 0.6 is 11.3 Å². The van der Waals surface area contributed by atoms with Gasteiger partial charge in [0.1, 0.15) is 12.4 Å². The van der Waals surface area contributed by atoms with Crippen LogP contribution in [0.15, 0.2) is 41.8 Å². The van der Waals surface area contributed by atoms with Gasteiger partial charge in [0.15, 0.2) is 0 Å². The summed E-state index contributed by atoms with van der Waals surface area (Å²) in [6, 6.07) is 12.5. The Kier molecular flexibility index (Phi) is 8.69. The molecule has 0 saturated carbocycles. The van der Waals surface area contributed by atoms with Crippen LogP contribution < -0.4 is 4.74 Å². The standard InChI is InChI=1S/C22H30O3S/c1-17(2)21(22(23)24-3)10-6-4-5-8-18-11-13-19(14-12-18)25-16-20-9-7-15-26-20/h7,9,11-15,17,21H,4-6,8,10,16H2,1-3H3. The molecule has 0 bridgehead atoms. The minimum absolute atomic E-state index is 0.0276. The van der Waals surface area contributed by atoms with Gasteiger partial charge in [-0.3, -0.25) is 4.79 Å². The highest BCUT2D eigenvalue weighted by Crippen LogP contribution is 2.21. The van der Waals surface area contributed by atoms with Gasteiger partial charge in [-0.2, -0.15) is 0 Å². The molecule has 1 unspecified atom stereocenters. The SMILES string of the molecule is COC(=O)C(CCCCCc1ccc(OCc2cccs2)cc1)C(C)C. The number of hydrogen-bond acceptors (Lipinski definition) is 4. The molecule has 0 spiro atoms. The summed E-state index contributed by atoms with van der Waals surface area (Å²) in [5.74, 6) is 1.21. The lowest BCUT2D eigenvalue weighted by molar-refractivity contribution is -0.147. The minimum atomic E-state index is -0.0712. The van der Waals surface area contributed by atoms with Crippen molar-refractivity contribution in [1.82, 2.24) is 0 Å². The predicted molar refractivity (Wildman–Crippen MR) is 108 cm³/mol. The van der Waals surface area contributed by atoms with Crippen LogP contribution in [-0.2, 0) is 22.6 Å². The molecule has 0 aliphatic rings. The second kappa shape index (κ2) is 11.0. The first kappa shape index (κ1) is 20.5. The Morgan fingerprint density at radius 3 is 2.46 bits per heavy atom. The number of hydrogen-bond donors (Lipinski definition) is 0. The van der Waals surface area contributed by atoms with Crippen molar-refractivity contribution in [3.05, 3.63) is 52.2 Å². The second-order valence-electron chi connectivity index (χ2n) is 6.98. The van der Waals surface area contributed by atoms with Crippen LogP contribution in [0.1, 0.15) is 50.0 Å². The van der Waals surface area contributed by atoms with Crippen LogP contribution in [-0.4, -0.2) is 13.1 Å². The van der Waals surface area contributed by atoms with E-state index < -0.39 is 0 Å². The third kappa shape index (κ3) is 6.83. The molecule has 26 heavy (non-hydrogen) atoms. The van der Waals surface area contributed by atoms with Crippen LogP contribution in [0.2, 0.25) is 0 Å². The van der Waals surface area contributed by atoms with Crippen LogP contribution in [0.3, 0.4) is 0 Å². The molecule has 0 saturated heterocycles. The van der Waals surface area contributed by atoms with Crippen molar-refractivity contribution >= 4 is 17.3 Å². The van der Waals surface area contributed by atoms with Crippen molar-refractivity contribution in [2.75, 3.05) is 7.11 Å². The van der Waals surface area contributed by atoms with Crippen molar-refractivity contribution in [1.29, 1.82) is 0 Å². The Labute approximate surface area is 161 Å². The van der Waals surface area contributed by atoms with E-state index in [1.54, 1.807) is 11.3 Å². The second-order valence-corrected chi connectivity index (χ2v) is 8.02. The lowest BCUT2D eigenvalue weighted by Gasteiger charge is -2.17. The number of unbranched alkanes of at least 4 members (excludes halogenated alkanes) is 2. The van der Waals surface area contributed by atoms with E-state index in [9.17, 15) is 4.79 Å². The van der Waals surface area contributed by atoms with Crippen LogP contribution in [0.4, 0.5) is 0 Å². The number of ether oxygens (including phenoxy) is 2. The molecule has 1 heterocycles. The molecule has 2 aromatic rings. The fourth-order valence-electron chi connectivity index (χ4n) is 3.05. The topological polar surface area (TPSA) is 35.5 Å². The molecule has 0 aliphatic heterocycles. The zero-order chi connectivity index (χ0) is 18.8. The molecule has 0 N–H and O–H groups in total. The number of methoxy groups -OCH3 is 1. The fraction of sp³-hybridized carbons (Fsp3) is 0.500. The maximum Gasteiger partial charge on any atom is 0.308 e. The number of benzene rings is 1. The largest absolute Gasteiger partial charge is 0.488 e. The number of rotatable bonds is 11. The van der Waals surface area contributed by atoms with Gasteiger partial charge >= 0.3 is 5.97 Å². The van der Waals surface area contributed by atoms with Gasteiger partial charge in [-0.1, -0.05) is 44.9 Å². The highest BCUT2D eigenvalue weighted by atomic mass is 32.1. The van der Waals surface area contributed by atoms with Crippen molar-refractivity contribution in [2.45, 2.75) is 52.6 Å². The van der Waals surface area contributed by atoms with Gasteiger partial charge in [0.2, 0.25) is 0 Å². The van der Waals surface area contributed by atoms with E-state index >= 15 is 0 Å². The highest BCUT2D eigenvalue weighted by molar-refractivity contribution is 7.09. The van der Waals surface area contributed by atoms with Crippen LogP contribution in [0.5, 0.6) is 5.75 Å². The summed E-state index contributed by atoms with van der Waals surface area (Å²) in [4.78, 5) is 13.0. The first-order chi connectivity index (χ1) is 12.6. The lowest BCUT2D eigenvalue weighted by Crippen LogP contribution is -2.21. The highest BCUT2D eigenvalue weighted by Gasteiger charge is 2.21. The summed E-state index contributed by atoms with van der Waals surface area (Å²) in [5, 5.41) is 2.07. The van der Waals surface area contributed by atoms with Gasteiger partial charge < -0.3 is 9.47 Å². The summed E-state index contributed by atoms with van der Waals surface area (Å²) < 4.78 is 10.7. The Morgan fingerprint density at radius 2 is 1.85 bits per heavy atom. The van der Waals surface area contributed by atoms with E-state index in [0.717, 1.165) is 37.9 Å². The van der Waals surface area contributed by atoms with Crippen molar-refractivity contribution < 1.29 is 14.3 Å². The van der Waals surface area contributed by atoms with Crippen molar-refractivity contribution in [3.8, 4) is 5.75 Å². The lowest BCUT2D eigenvalue weighted by atomic mass is 9.90. The third-order valence-electron chi connectivity index (χ3n) is 4.67. The number of thiophene rings is 1. The van der Waals surface area contributed by atoms with Gasteiger partial charge in [0, 0.05) is 4.88 Å². The van der Waals surface area contributed by atoms with E-state index in [1.807, 2.05) is 6.07 Å². The Morgan fingerprint density at radius 1 is 1.08 bits per heavy atom. The summed E-state index contributed by atoms with van der Waals surface area (Å²) in [6.07, 6.45) is 5.33. The molecule has 1 aromatic heterocycles. The summed E-state index contributed by atoms with van der Waals surface area (Å²) in [7, 11) is 1.48. The number of carbonyl (C=O) groups excluding carboxylic acids is 1. The number of esters is 1. The van der Waals surface area contributed by atoms with Crippen LogP contribution in [0.25, 0.3) is 0 Å². The molecule has 0 fully saturated rings. The fourth-order valence-corrected chi connectivity index (χ4v) is 3.66. The van der Waals surface area contributed by atoms with Crippen LogP contribution in [0, 0.1) is 11.8 Å². The van der Waals surface area contributed by atoms with Crippen molar-refractivity contribution in [3.63, 3.8) is 0 Å². The molecular formula is C22H30O3S. The van der Waals surface area contributed by atoms with Gasteiger partial charge in [-0.05, 0) is 54.3 Å². The van der Waals surface area contributed by atoms with Crippen molar-refractivity contribution in [2.24, 2.45) is 11.8 Å². The summed E-state index contributed by atoms with van der Waals surface area (Å²) in [5.41, 5.74) is 1.34. The third-order valence-corrected chi connectivity index (χ3v) is 5.52. The Bertz CT molecular complexity index is 632. The van der Waals surface area contributed by atoms with Gasteiger partial charge in [0.05, 0.1) is 13.0 Å². The average Bonchev–Trinajstić information content (AvgIpc) is 3.16.